The molecule has 110 valence electrons. The van der Waals surface area contributed by atoms with E-state index in [1.54, 1.807) is 17.4 Å². The first-order valence-electron chi connectivity index (χ1n) is 7.09. The van der Waals surface area contributed by atoms with Gasteiger partial charge in [-0.15, -0.1) is 11.3 Å². The molecule has 2 aromatic rings. The van der Waals surface area contributed by atoms with E-state index in [4.69, 9.17) is 0 Å². The van der Waals surface area contributed by atoms with Crippen LogP contribution in [-0.4, -0.2) is 22.2 Å². The molecule has 2 aromatic heterocycles. The molecule has 5 nitrogen and oxygen atoms in total. The standard InChI is InChI=1S/C15H17N3O2S/c19-14(16-8-7-12-2-1-9-21-12)10-18-15(20)6-5-13(17-18)11-3-4-11/h1-2,5-6,9,11H,3-4,7-8,10H2,(H,16,19). The minimum absolute atomic E-state index is 0.0101. The summed E-state index contributed by atoms with van der Waals surface area (Å²) in [5.74, 6) is 0.299. The molecule has 6 heteroatoms. The number of hydrogen-bond donors (Lipinski definition) is 1. The van der Waals surface area contributed by atoms with Crippen LogP contribution >= 0.6 is 11.3 Å². The molecule has 0 aromatic carbocycles. The molecular weight excluding hydrogens is 286 g/mol. The predicted molar refractivity (Wildman–Crippen MR) is 81.5 cm³/mol. The van der Waals surface area contributed by atoms with Crippen LogP contribution in [0.5, 0.6) is 0 Å². The Labute approximate surface area is 126 Å². The van der Waals surface area contributed by atoms with Gasteiger partial charge in [-0.2, -0.15) is 5.10 Å². The van der Waals surface area contributed by atoms with Gasteiger partial charge in [0, 0.05) is 23.4 Å². The van der Waals surface area contributed by atoms with Crippen molar-refractivity contribution >= 4 is 17.2 Å². The fourth-order valence-corrected chi connectivity index (χ4v) is 2.86. The lowest BCUT2D eigenvalue weighted by Crippen LogP contribution is -2.34. The summed E-state index contributed by atoms with van der Waals surface area (Å²) in [6, 6.07) is 7.31. The summed E-state index contributed by atoms with van der Waals surface area (Å²) in [6.07, 6.45) is 3.06. The zero-order chi connectivity index (χ0) is 14.7. The molecule has 1 aliphatic carbocycles. The lowest BCUT2D eigenvalue weighted by Gasteiger charge is -2.07. The van der Waals surface area contributed by atoms with E-state index in [-0.39, 0.29) is 18.0 Å². The number of carbonyl (C=O) groups excluding carboxylic acids is 1. The molecule has 0 bridgehead atoms. The third-order valence-electron chi connectivity index (χ3n) is 3.45. The summed E-state index contributed by atoms with van der Waals surface area (Å²) in [5.41, 5.74) is 0.689. The Kier molecular flexibility index (Phi) is 4.15. The van der Waals surface area contributed by atoms with Gasteiger partial charge in [0.25, 0.3) is 5.56 Å². The molecule has 0 unspecified atom stereocenters. The largest absolute Gasteiger partial charge is 0.354 e. The zero-order valence-electron chi connectivity index (χ0n) is 11.6. The van der Waals surface area contributed by atoms with Gasteiger partial charge in [-0.25, -0.2) is 4.68 Å². The third-order valence-corrected chi connectivity index (χ3v) is 4.39. The number of nitrogens with zero attached hydrogens (tertiary/aromatic N) is 2. The number of hydrogen-bond acceptors (Lipinski definition) is 4. The van der Waals surface area contributed by atoms with Crippen LogP contribution in [0.25, 0.3) is 0 Å². The van der Waals surface area contributed by atoms with Gasteiger partial charge in [0.1, 0.15) is 6.54 Å². The second-order valence-corrected chi connectivity index (χ2v) is 6.24. The van der Waals surface area contributed by atoms with Crippen LogP contribution in [0.3, 0.4) is 0 Å². The minimum Gasteiger partial charge on any atom is -0.354 e. The normalized spacial score (nSPS) is 14.1. The molecule has 1 saturated carbocycles. The van der Waals surface area contributed by atoms with E-state index in [1.165, 1.54) is 15.6 Å². The van der Waals surface area contributed by atoms with Gasteiger partial charge in [0.15, 0.2) is 0 Å². The molecule has 1 N–H and O–H groups in total. The molecule has 0 radical (unpaired) electrons. The summed E-state index contributed by atoms with van der Waals surface area (Å²) in [6.45, 7) is 0.570. The molecule has 1 aliphatic rings. The topological polar surface area (TPSA) is 64.0 Å². The molecule has 1 fully saturated rings. The number of aromatic nitrogens is 2. The molecule has 0 atom stereocenters. The number of amides is 1. The van der Waals surface area contributed by atoms with E-state index in [1.807, 2.05) is 17.5 Å². The third kappa shape index (κ3) is 3.78. The highest BCUT2D eigenvalue weighted by Gasteiger charge is 2.25. The Morgan fingerprint density at radius 3 is 2.95 bits per heavy atom. The Morgan fingerprint density at radius 2 is 2.24 bits per heavy atom. The number of thiophene rings is 1. The van der Waals surface area contributed by atoms with E-state index in [0.717, 1.165) is 25.0 Å². The van der Waals surface area contributed by atoms with E-state index in [0.29, 0.717) is 12.5 Å². The highest BCUT2D eigenvalue weighted by molar-refractivity contribution is 7.09. The highest BCUT2D eigenvalue weighted by Crippen LogP contribution is 2.38. The van der Waals surface area contributed by atoms with Gasteiger partial charge >= 0.3 is 0 Å². The van der Waals surface area contributed by atoms with Gasteiger partial charge in [-0.3, -0.25) is 9.59 Å². The molecule has 1 amide bonds. The summed E-state index contributed by atoms with van der Waals surface area (Å²) in [7, 11) is 0. The quantitative estimate of drug-likeness (QED) is 0.880. The van der Waals surface area contributed by atoms with Crippen LogP contribution < -0.4 is 10.9 Å². The van der Waals surface area contributed by atoms with Crippen LogP contribution in [0.15, 0.2) is 34.4 Å². The molecule has 2 heterocycles. The van der Waals surface area contributed by atoms with Gasteiger partial charge in [-0.1, -0.05) is 6.07 Å². The second-order valence-electron chi connectivity index (χ2n) is 5.21. The van der Waals surface area contributed by atoms with Crippen LogP contribution in [0, 0.1) is 0 Å². The Balaban J connectivity index is 1.54. The van der Waals surface area contributed by atoms with Crippen molar-refractivity contribution < 1.29 is 4.79 Å². The van der Waals surface area contributed by atoms with Gasteiger partial charge in [0.2, 0.25) is 5.91 Å². The van der Waals surface area contributed by atoms with Gasteiger partial charge in [-0.05, 0) is 36.8 Å². The van der Waals surface area contributed by atoms with Crippen molar-refractivity contribution in [2.24, 2.45) is 0 Å². The maximum absolute atomic E-state index is 11.9. The van der Waals surface area contributed by atoms with Gasteiger partial charge in [0.05, 0.1) is 5.69 Å². The molecule has 0 spiro atoms. The van der Waals surface area contributed by atoms with Crippen molar-refractivity contribution in [3.05, 3.63) is 50.6 Å². The first kappa shape index (κ1) is 14.0. The zero-order valence-corrected chi connectivity index (χ0v) is 12.4. The fourth-order valence-electron chi connectivity index (χ4n) is 2.15. The van der Waals surface area contributed by atoms with E-state index in [9.17, 15) is 9.59 Å². The number of nitrogens with one attached hydrogen (secondary N) is 1. The Bertz CT molecular complexity index is 674. The Hall–Kier alpha value is -1.95. The lowest BCUT2D eigenvalue weighted by atomic mass is 10.3. The predicted octanol–water partition coefficient (Wildman–Crippen LogP) is 1.54. The molecular formula is C15H17N3O2S. The fraction of sp³-hybridized carbons (Fsp3) is 0.400. The van der Waals surface area contributed by atoms with Gasteiger partial charge < -0.3 is 5.32 Å². The molecule has 0 saturated heterocycles. The highest BCUT2D eigenvalue weighted by atomic mass is 32.1. The number of rotatable bonds is 6. The SMILES string of the molecule is O=C(Cn1nc(C2CC2)ccc1=O)NCCc1cccs1. The van der Waals surface area contributed by atoms with E-state index >= 15 is 0 Å². The second kappa shape index (κ2) is 6.22. The molecule has 0 aliphatic heterocycles. The van der Waals surface area contributed by atoms with Crippen molar-refractivity contribution in [2.45, 2.75) is 31.7 Å². The minimum atomic E-state index is -0.229. The first-order valence-corrected chi connectivity index (χ1v) is 7.97. The maximum atomic E-state index is 11.9. The number of carbonyl (C=O) groups is 1. The average molecular weight is 303 g/mol. The first-order chi connectivity index (χ1) is 10.2. The smallest absolute Gasteiger partial charge is 0.267 e. The molecule has 3 rings (SSSR count). The maximum Gasteiger partial charge on any atom is 0.267 e. The monoisotopic (exact) mass is 303 g/mol. The van der Waals surface area contributed by atoms with Crippen LogP contribution in [0.4, 0.5) is 0 Å². The van der Waals surface area contributed by atoms with Crippen molar-refractivity contribution in [3.8, 4) is 0 Å². The van der Waals surface area contributed by atoms with Crippen LogP contribution in [0.2, 0.25) is 0 Å². The van der Waals surface area contributed by atoms with Crippen molar-refractivity contribution in [3.63, 3.8) is 0 Å². The van der Waals surface area contributed by atoms with Crippen LogP contribution in [0.1, 0.15) is 29.3 Å². The van der Waals surface area contributed by atoms with Crippen molar-refractivity contribution in [1.29, 1.82) is 0 Å². The summed E-state index contributed by atoms with van der Waals surface area (Å²) in [4.78, 5) is 24.9. The van der Waals surface area contributed by atoms with E-state index in [2.05, 4.69) is 10.4 Å². The van der Waals surface area contributed by atoms with Crippen LogP contribution in [-0.2, 0) is 17.8 Å². The lowest BCUT2D eigenvalue weighted by molar-refractivity contribution is -0.121. The van der Waals surface area contributed by atoms with E-state index < -0.39 is 0 Å². The Morgan fingerprint density at radius 1 is 1.38 bits per heavy atom. The summed E-state index contributed by atoms with van der Waals surface area (Å²) in [5, 5.41) is 9.12. The summed E-state index contributed by atoms with van der Waals surface area (Å²) >= 11 is 1.67. The van der Waals surface area contributed by atoms with Crippen molar-refractivity contribution in [1.82, 2.24) is 15.1 Å². The average Bonchev–Trinajstić information content (AvgIpc) is 3.19. The van der Waals surface area contributed by atoms with Crippen molar-refractivity contribution in [2.75, 3.05) is 6.54 Å². The summed E-state index contributed by atoms with van der Waals surface area (Å²) < 4.78 is 1.26. The molecule has 21 heavy (non-hydrogen) atoms.